The Labute approximate surface area is 249 Å². The smallest absolute Gasteiger partial charge is 0.335 e. The fraction of sp³-hybridized carbons (Fsp3) is 0.300. The maximum Gasteiger partial charge on any atom is 0.335 e. The molecule has 0 spiro atoms. The van der Waals surface area contributed by atoms with E-state index >= 15 is 0 Å². The molecule has 0 aliphatic carbocycles. The molecule has 5 heterocycles. The van der Waals surface area contributed by atoms with Crippen molar-refractivity contribution in [2.45, 2.75) is 45.2 Å². The van der Waals surface area contributed by atoms with E-state index in [0.29, 0.717) is 46.2 Å². The molecule has 42 heavy (non-hydrogen) atoms. The lowest BCUT2D eigenvalue weighted by Gasteiger charge is -2.30. The maximum absolute atomic E-state index is 13.8. The van der Waals surface area contributed by atoms with Crippen LogP contribution in [0, 0.1) is 6.01 Å². The lowest BCUT2D eigenvalue weighted by Crippen LogP contribution is -2.34. The first kappa shape index (κ1) is 27.2. The molecule has 0 radical (unpaired) electrons. The molecule has 3 aromatic heterocycles. The van der Waals surface area contributed by atoms with Crippen LogP contribution in [0.5, 0.6) is 5.88 Å². The van der Waals surface area contributed by atoms with Gasteiger partial charge in [0, 0.05) is 36.7 Å². The zero-order chi connectivity index (χ0) is 29.0. The average Bonchev–Trinajstić information content (AvgIpc) is 3.50. The molecule has 2 aliphatic heterocycles. The number of halogens is 3. The summed E-state index contributed by atoms with van der Waals surface area (Å²) in [7, 11) is 0. The number of rotatable bonds is 8. The van der Waals surface area contributed by atoms with Crippen LogP contribution in [0.3, 0.4) is 0 Å². The second-order valence-corrected chi connectivity index (χ2v) is 11.4. The Bertz CT molecular complexity index is 1850. The first-order valence-corrected chi connectivity index (χ1v) is 14.3. The number of nitrogens with zero attached hydrogens (tertiary/aromatic N) is 4. The molecule has 216 valence electrons. The van der Waals surface area contributed by atoms with Gasteiger partial charge in [-0.05, 0) is 48.7 Å². The summed E-state index contributed by atoms with van der Waals surface area (Å²) in [5, 5.41) is 10.8. The highest BCUT2D eigenvalue weighted by atomic mass is 35.5. The molecule has 2 aromatic carbocycles. The number of hydrogen-bond acceptors (Lipinski definition) is 7. The van der Waals surface area contributed by atoms with E-state index in [1.165, 1.54) is 6.07 Å². The summed E-state index contributed by atoms with van der Waals surface area (Å²) >= 11 is 12.7. The number of carboxylic acid groups (broad SMARTS) is 1. The van der Waals surface area contributed by atoms with Crippen LogP contribution < -0.4 is 4.74 Å². The number of aromatic nitrogens is 3. The summed E-state index contributed by atoms with van der Waals surface area (Å²) < 4.78 is 32.7. The van der Waals surface area contributed by atoms with E-state index in [1.54, 1.807) is 30.3 Å². The minimum absolute atomic E-state index is 0.0709. The van der Waals surface area contributed by atoms with Gasteiger partial charge in [0.2, 0.25) is 5.88 Å². The third-order valence-electron chi connectivity index (χ3n) is 7.85. The number of furan rings is 1. The maximum atomic E-state index is 13.8. The van der Waals surface area contributed by atoms with Crippen molar-refractivity contribution in [3.63, 3.8) is 0 Å². The summed E-state index contributed by atoms with van der Waals surface area (Å²) in [6, 6.07) is 10.8. The largest absolute Gasteiger partial charge is 0.478 e. The van der Waals surface area contributed by atoms with Crippen molar-refractivity contribution < 1.29 is 28.2 Å². The third kappa shape index (κ3) is 5.09. The number of ether oxygens (including phenoxy) is 2. The molecule has 12 heteroatoms. The molecule has 5 aromatic rings. The summed E-state index contributed by atoms with van der Waals surface area (Å²) in [5.74, 6) is 0.149. The van der Waals surface area contributed by atoms with Crippen molar-refractivity contribution in [1.82, 2.24) is 19.4 Å². The minimum atomic E-state index is -0.974. The van der Waals surface area contributed by atoms with E-state index < -0.39 is 12.0 Å². The number of imidazole rings is 1. The van der Waals surface area contributed by atoms with E-state index in [1.807, 2.05) is 6.07 Å². The Balaban J connectivity index is 1.12. The fourth-order valence-corrected chi connectivity index (χ4v) is 5.97. The highest BCUT2D eigenvalue weighted by molar-refractivity contribution is 6.35. The molecule has 1 atom stereocenters. The lowest BCUT2D eigenvalue weighted by atomic mass is 10.1. The van der Waals surface area contributed by atoms with Gasteiger partial charge in [-0.2, -0.15) is 4.39 Å². The number of benzene rings is 2. The predicted molar refractivity (Wildman–Crippen MR) is 154 cm³/mol. The number of aromatic carboxylic acids is 1. The number of fused-ring (bicyclic) bond motifs is 3. The average molecular weight is 611 g/mol. The number of hydrogen-bond donors (Lipinski definition) is 1. The van der Waals surface area contributed by atoms with E-state index in [-0.39, 0.29) is 24.2 Å². The Morgan fingerprint density at radius 1 is 1.14 bits per heavy atom. The normalized spacial score (nSPS) is 17.0. The first-order chi connectivity index (χ1) is 20.3. The molecule has 0 unspecified atom stereocenters. The van der Waals surface area contributed by atoms with Crippen LogP contribution in [0.1, 0.15) is 39.4 Å². The van der Waals surface area contributed by atoms with Crippen LogP contribution in [-0.4, -0.2) is 49.8 Å². The zero-order valence-corrected chi connectivity index (χ0v) is 23.8. The Kier molecular flexibility index (Phi) is 7.02. The topological polar surface area (TPSA) is 103 Å². The van der Waals surface area contributed by atoms with Crippen LogP contribution >= 0.6 is 23.2 Å². The fourth-order valence-electron chi connectivity index (χ4n) is 5.54. The minimum Gasteiger partial charge on any atom is -0.478 e. The second kappa shape index (κ2) is 10.9. The van der Waals surface area contributed by atoms with Gasteiger partial charge in [-0.25, -0.2) is 14.8 Å². The molecule has 0 bridgehead atoms. The van der Waals surface area contributed by atoms with Crippen molar-refractivity contribution >= 4 is 51.2 Å². The molecule has 9 nitrogen and oxygen atoms in total. The summed E-state index contributed by atoms with van der Waals surface area (Å²) in [4.78, 5) is 23.5. The summed E-state index contributed by atoms with van der Waals surface area (Å²) in [5.41, 5.74) is 4.60. The van der Waals surface area contributed by atoms with Crippen molar-refractivity contribution in [1.29, 1.82) is 0 Å². The van der Waals surface area contributed by atoms with Gasteiger partial charge in [-0.1, -0.05) is 29.3 Å². The number of pyridine rings is 1. The number of carbonyl (C=O) groups is 1. The Morgan fingerprint density at radius 3 is 2.79 bits per heavy atom. The molecule has 2 aliphatic rings. The van der Waals surface area contributed by atoms with Crippen LogP contribution in [0.15, 0.2) is 46.9 Å². The van der Waals surface area contributed by atoms with Crippen LogP contribution in [0.25, 0.3) is 22.0 Å². The van der Waals surface area contributed by atoms with Gasteiger partial charge in [0.1, 0.15) is 23.0 Å². The van der Waals surface area contributed by atoms with Gasteiger partial charge < -0.3 is 23.6 Å². The zero-order valence-electron chi connectivity index (χ0n) is 22.3. The van der Waals surface area contributed by atoms with Crippen molar-refractivity contribution in [2.75, 3.05) is 13.2 Å². The van der Waals surface area contributed by atoms with Crippen LogP contribution in [0.4, 0.5) is 4.39 Å². The van der Waals surface area contributed by atoms with Gasteiger partial charge >= 0.3 is 5.97 Å². The molecule has 1 N–H and O–H groups in total. The molecule has 0 saturated carbocycles. The van der Waals surface area contributed by atoms with E-state index in [2.05, 4.69) is 9.47 Å². The molecule has 1 fully saturated rings. The van der Waals surface area contributed by atoms with E-state index in [4.69, 9.17) is 47.1 Å². The van der Waals surface area contributed by atoms with Gasteiger partial charge in [0.15, 0.2) is 0 Å². The third-order valence-corrected chi connectivity index (χ3v) is 8.45. The quantitative estimate of drug-likeness (QED) is 0.220. The molecular formula is C30H25Cl2FN4O5. The van der Waals surface area contributed by atoms with Gasteiger partial charge in [-0.15, -0.1) is 0 Å². The molecular weight excluding hydrogens is 586 g/mol. The summed E-state index contributed by atoms with van der Waals surface area (Å²) in [6.07, 6.45) is 1.79. The molecule has 1 saturated heterocycles. The van der Waals surface area contributed by atoms with Crippen LogP contribution in [-0.2, 0) is 37.4 Å². The lowest BCUT2D eigenvalue weighted by molar-refractivity contribution is -0.0592. The predicted octanol–water partition coefficient (Wildman–Crippen LogP) is 6.25. The Morgan fingerprint density at radius 2 is 2.00 bits per heavy atom. The van der Waals surface area contributed by atoms with Crippen molar-refractivity contribution in [3.8, 4) is 5.88 Å². The van der Waals surface area contributed by atoms with E-state index in [9.17, 15) is 14.3 Å². The second-order valence-electron chi connectivity index (χ2n) is 10.6. The first-order valence-electron chi connectivity index (χ1n) is 13.6. The Hall–Kier alpha value is -3.70. The van der Waals surface area contributed by atoms with Gasteiger partial charge in [0.05, 0.1) is 46.5 Å². The van der Waals surface area contributed by atoms with Crippen molar-refractivity contribution in [2.24, 2.45) is 0 Å². The number of carboxylic acids is 1. The molecule has 7 rings (SSSR count). The highest BCUT2D eigenvalue weighted by Gasteiger charge is 2.26. The standard InChI is InChI=1S/C30H25Cl2FN4O5/c31-21-3-1-18(28-20(21)11-26(33)42-28)15-41-29-22(32)9-16-5-7-36(13-24(16)35-29)14-27-34-23-4-2-17(30(38)39)10-25(23)37(27)12-19-6-8-40-19/h1-4,9-11,19H,5-8,12-15H2,(H,38,39)/t19-/m0/s1. The van der Waals surface area contributed by atoms with Gasteiger partial charge in [0.25, 0.3) is 6.01 Å². The molecule has 0 amide bonds. The van der Waals surface area contributed by atoms with Crippen molar-refractivity contribution in [3.05, 3.63) is 86.7 Å². The van der Waals surface area contributed by atoms with Crippen LogP contribution in [0.2, 0.25) is 10.0 Å². The summed E-state index contributed by atoms with van der Waals surface area (Å²) in [6.45, 7) is 3.30. The monoisotopic (exact) mass is 610 g/mol. The van der Waals surface area contributed by atoms with E-state index in [0.717, 1.165) is 54.1 Å². The highest BCUT2D eigenvalue weighted by Crippen LogP contribution is 2.33. The van der Waals surface area contributed by atoms with Gasteiger partial charge in [-0.3, -0.25) is 4.90 Å². The SMILES string of the molecule is O=C(O)c1ccc2nc(CN3CCc4cc(Cl)c(OCc5ccc(Cl)c6cc(F)oc56)nc4C3)n(C[C@@H]3CCO3)c2c1.